The van der Waals surface area contributed by atoms with Crippen molar-refractivity contribution in [3.63, 3.8) is 0 Å². The first-order valence-electron chi connectivity index (χ1n) is 22.0. The monoisotopic (exact) mass is 908 g/mol. The van der Waals surface area contributed by atoms with Crippen LogP contribution in [0.2, 0.25) is 0 Å². The topological polar surface area (TPSA) is 210 Å². The third-order valence-corrected chi connectivity index (χ3v) is 11.6. The Morgan fingerprint density at radius 2 is 0.758 bits per heavy atom. The minimum absolute atomic E-state index is 0.164. The zero-order valence-electron chi connectivity index (χ0n) is 39.9. The van der Waals surface area contributed by atoms with Crippen molar-refractivity contribution in [1.29, 1.82) is 0 Å². The SMILES string of the molecule is CO[C@]1(C)Oc2c(c3nc4nc(nc5[nH]c(nc6nc(nc2[nH]3)-c2c(OC(C)C)ccc(OC(C)C)c2-6)c2c5O[C@@](C)(OC)[C@](C)(OC)O2)-c2c(OC(C)C)ccc(OC(C)C)c2-4)OC1C. The molecule has 7 heterocycles. The molecule has 4 atom stereocenters. The van der Waals surface area contributed by atoms with Gasteiger partial charge in [0.2, 0.25) is 28.8 Å². The summed E-state index contributed by atoms with van der Waals surface area (Å²) in [6, 6.07) is 7.33. The summed E-state index contributed by atoms with van der Waals surface area (Å²) in [5.74, 6) is -0.533. The van der Waals surface area contributed by atoms with Gasteiger partial charge in [0, 0.05) is 42.1 Å². The van der Waals surface area contributed by atoms with E-state index >= 15 is 0 Å². The maximum atomic E-state index is 6.72. The fraction of sp³-hybridized carbons (Fsp3) is 0.489. The molecule has 1 unspecified atom stereocenters. The first kappa shape index (κ1) is 44.7. The first-order valence-corrected chi connectivity index (χ1v) is 22.0. The summed E-state index contributed by atoms with van der Waals surface area (Å²) in [6.07, 6.45) is -1.49. The molecule has 8 bridgehead atoms. The fourth-order valence-electron chi connectivity index (χ4n) is 7.99. The van der Waals surface area contributed by atoms with Gasteiger partial charge in [-0.25, -0.2) is 29.9 Å². The smallest absolute Gasteiger partial charge is 0.273 e. The molecule has 66 heavy (non-hydrogen) atoms. The number of rotatable bonds is 11. The average molecular weight is 909 g/mol. The third kappa shape index (κ3) is 7.32. The lowest BCUT2D eigenvalue weighted by molar-refractivity contribution is -0.344. The van der Waals surface area contributed by atoms with Gasteiger partial charge in [-0.15, -0.1) is 0 Å². The molecular formula is C47H56N8O11. The van der Waals surface area contributed by atoms with Crippen molar-refractivity contribution in [1.82, 2.24) is 39.9 Å². The molecule has 19 heteroatoms. The number of ether oxygens (including phenoxy) is 11. The van der Waals surface area contributed by atoms with Gasteiger partial charge < -0.3 is 62.1 Å². The molecule has 0 aliphatic carbocycles. The Morgan fingerprint density at radius 3 is 1.05 bits per heavy atom. The number of nitrogens with zero attached hydrogens (tertiary/aromatic N) is 6. The zero-order valence-corrected chi connectivity index (χ0v) is 39.9. The average Bonchev–Trinajstić information content (AvgIpc) is 3.98. The molecule has 0 radical (unpaired) electrons. The molecule has 0 saturated heterocycles. The van der Waals surface area contributed by atoms with Crippen molar-refractivity contribution in [2.45, 2.75) is 131 Å². The minimum atomic E-state index is -1.48. The number of hydrogen-bond acceptors (Lipinski definition) is 17. The number of nitrogens with one attached hydrogen (secondary N) is 2. The lowest BCUT2D eigenvalue weighted by atomic mass is 10.1. The van der Waals surface area contributed by atoms with Crippen molar-refractivity contribution in [2.24, 2.45) is 0 Å². The van der Waals surface area contributed by atoms with Gasteiger partial charge in [-0.2, -0.15) is 0 Å². The van der Waals surface area contributed by atoms with Crippen LogP contribution in [-0.4, -0.2) is 109 Å². The van der Waals surface area contributed by atoms with Gasteiger partial charge >= 0.3 is 0 Å². The number of methoxy groups -OCH3 is 3. The van der Waals surface area contributed by atoms with Crippen LogP contribution in [0.4, 0.5) is 0 Å². The van der Waals surface area contributed by atoms with Crippen LogP contribution in [0, 0.1) is 0 Å². The maximum Gasteiger partial charge on any atom is 0.273 e. The van der Waals surface area contributed by atoms with Gasteiger partial charge in [0.25, 0.3) is 11.6 Å². The van der Waals surface area contributed by atoms with Crippen molar-refractivity contribution >= 4 is 22.6 Å². The summed E-state index contributed by atoms with van der Waals surface area (Å²) in [6.45, 7) is 22.6. The highest BCUT2D eigenvalue weighted by Crippen LogP contribution is 2.53. The molecule has 19 nitrogen and oxygen atoms in total. The molecule has 3 aromatic heterocycles. The zero-order chi connectivity index (χ0) is 47.2. The van der Waals surface area contributed by atoms with Crippen molar-refractivity contribution in [3.8, 4) is 91.5 Å². The second-order valence-corrected chi connectivity index (χ2v) is 17.8. The summed E-state index contributed by atoms with van der Waals surface area (Å²) >= 11 is 0. The van der Waals surface area contributed by atoms with Gasteiger partial charge in [0.15, 0.2) is 52.0 Å². The van der Waals surface area contributed by atoms with Gasteiger partial charge in [-0.05, 0) is 86.6 Å². The quantitative estimate of drug-likeness (QED) is 0.124. The Bertz CT molecular complexity index is 2890. The van der Waals surface area contributed by atoms with Gasteiger partial charge in [0.1, 0.15) is 23.0 Å². The highest BCUT2D eigenvalue weighted by atomic mass is 16.8. The van der Waals surface area contributed by atoms with E-state index in [0.717, 1.165) is 0 Å². The molecule has 0 amide bonds. The summed E-state index contributed by atoms with van der Waals surface area (Å²) < 4.78 is 70.3. The van der Waals surface area contributed by atoms with Gasteiger partial charge in [0.05, 0.1) is 46.7 Å². The Kier molecular flexibility index (Phi) is 11.0. The fourth-order valence-corrected chi connectivity index (χ4v) is 7.99. The number of fused-ring (bicyclic) bond motifs is 20. The number of aromatic nitrogens is 8. The Hall–Kier alpha value is -6.44. The molecule has 0 spiro atoms. The lowest BCUT2D eigenvalue weighted by Gasteiger charge is -2.45. The highest BCUT2D eigenvalue weighted by molar-refractivity contribution is 5.94. The van der Waals surface area contributed by atoms with E-state index in [1.54, 1.807) is 27.9 Å². The van der Waals surface area contributed by atoms with Crippen LogP contribution in [0.25, 0.3) is 68.1 Å². The van der Waals surface area contributed by atoms with E-state index in [2.05, 4.69) is 9.97 Å². The molecule has 4 aliphatic rings. The molecular weight excluding hydrogens is 853 g/mol. The van der Waals surface area contributed by atoms with Crippen LogP contribution in [0.15, 0.2) is 24.3 Å². The number of hydrogen-bond donors (Lipinski definition) is 2. The van der Waals surface area contributed by atoms with E-state index in [-0.39, 0.29) is 93.3 Å². The van der Waals surface area contributed by atoms with Gasteiger partial charge in [-0.1, -0.05) is 0 Å². The summed E-state index contributed by atoms with van der Waals surface area (Å²) in [7, 11) is 4.55. The molecule has 0 saturated carbocycles. The standard InChI is InChI=1S/C47H56N8O11/c1-20(2)59-25-16-17-26(60-21(3)4)30-29(25)37-48-39(30)52-43-35-36(66-47(12,58-15)46(11,57-14)65-35)44(55-43)53-40-32-28(62-23(7)8)19-18-27(61-22(5)6)31(32)38(49-40)51-42-34-33(41(50-37)54-42)63-24(9)45(10,56-13)64-34/h16-24H,1-15H3,(H2,48,49,50,51,52,53,54,55)/t24?,45-,46-,47-/m1/s1. The van der Waals surface area contributed by atoms with E-state index in [1.165, 1.54) is 14.2 Å². The van der Waals surface area contributed by atoms with Crippen LogP contribution in [0.1, 0.15) is 83.1 Å². The first-order chi connectivity index (χ1) is 31.3. The van der Waals surface area contributed by atoms with E-state index < -0.39 is 23.5 Å². The summed E-state index contributed by atoms with van der Waals surface area (Å²) in [5, 5.41) is 0. The largest absolute Gasteiger partial charge is 0.490 e. The van der Waals surface area contributed by atoms with E-state index in [1.807, 2.05) is 86.6 Å². The summed E-state index contributed by atoms with van der Waals surface area (Å²) in [5.41, 5.74) is 2.89. The molecule has 0 fully saturated rings. The molecule has 5 aromatic rings. The van der Waals surface area contributed by atoms with Crippen LogP contribution in [-0.2, 0) is 14.2 Å². The second-order valence-electron chi connectivity index (χ2n) is 17.8. The Morgan fingerprint density at radius 1 is 0.455 bits per heavy atom. The Balaban J connectivity index is 1.49. The number of aromatic amines is 2. The second kappa shape index (κ2) is 16.2. The molecule has 4 aliphatic heterocycles. The predicted molar refractivity (Wildman–Crippen MR) is 242 cm³/mol. The van der Waals surface area contributed by atoms with E-state index in [4.69, 9.17) is 82.0 Å². The predicted octanol–water partition coefficient (Wildman–Crippen LogP) is 8.73. The van der Waals surface area contributed by atoms with Crippen LogP contribution >= 0.6 is 0 Å². The molecule has 9 rings (SSSR count). The van der Waals surface area contributed by atoms with Crippen molar-refractivity contribution in [2.75, 3.05) is 21.3 Å². The molecule has 350 valence electrons. The molecule has 2 N–H and O–H groups in total. The number of H-pyrrole nitrogens is 2. The van der Waals surface area contributed by atoms with Crippen LogP contribution in [0.5, 0.6) is 46.0 Å². The van der Waals surface area contributed by atoms with E-state index in [9.17, 15) is 0 Å². The third-order valence-electron chi connectivity index (χ3n) is 11.6. The maximum absolute atomic E-state index is 6.72. The Labute approximate surface area is 381 Å². The molecule has 2 aromatic carbocycles. The van der Waals surface area contributed by atoms with Crippen molar-refractivity contribution < 1.29 is 52.1 Å². The van der Waals surface area contributed by atoms with Crippen LogP contribution < -0.4 is 37.9 Å². The lowest BCUT2D eigenvalue weighted by Crippen LogP contribution is -2.62. The minimum Gasteiger partial charge on any atom is -0.490 e. The summed E-state index contributed by atoms with van der Waals surface area (Å²) in [4.78, 5) is 37.7. The normalized spacial score (nSPS) is 21.6. The van der Waals surface area contributed by atoms with Crippen LogP contribution in [0.3, 0.4) is 0 Å². The van der Waals surface area contributed by atoms with Gasteiger partial charge in [-0.3, -0.25) is 0 Å². The highest BCUT2D eigenvalue weighted by Gasteiger charge is 2.56. The number of benzene rings is 2. The van der Waals surface area contributed by atoms with E-state index in [0.29, 0.717) is 45.3 Å². The van der Waals surface area contributed by atoms with Crippen molar-refractivity contribution in [3.05, 3.63) is 24.3 Å².